The Morgan fingerprint density at radius 2 is 1.74 bits per heavy atom. The number of hydrogen-bond donors (Lipinski definition) is 3. The van der Waals surface area contributed by atoms with Gasteiger partial charge in [0.2, 0.25) is 0 Å². The SMILES string of the molecule is NCC#Cc1cn([C@H]2CC(O)[C@@H](COP(=O)([O-])OP(=O)([O-])OP(=O)([O-])[O-])O2)c2ncnc(N)c12.[Li+].[Li+].[Li+].[Li+]. The van der Waals surface area contributed by atoms with Gasteiger partial charge in [-0.15, -0.1) is 0 Å². The topological polar surface area (TPSA) is 283 Å². The zero-order valence-corrected chi connectivity index (χ0v) is 23.5. The molecule has 0 spiro atoms. The normalized spacial score (nSPS) is 21.8. The summed E-state index contributed by atoms with van der Waals surface area (Å²) >= 11 is 0. The molecule has 0 amide bonds. The van der Waals surface area contributed by atoms with Gasteiger partial charge in [0.25, 0.3) is 15.6 Å². The van der Waals surface area contributed by atoms with Gasteiger partial charge in [-0.25, -0.2) is 14.3 Å². The third-order valence-electron chi connectivity index (χ3n) is 4.28. The molecule has 1 fully saturated rings. The van der Waals surface area contributed by atoms with E-state index in [1.165, 1.54) is 17.1 Å². The minimum absolute atomic E-state index is 0. The van der Waals surface area contributed by atoms with E-state index in [-0.39, 0.29) is 94.2 Å². The second kappa shape index (κ2) is 16.3. The smallest absolute Gasteiger partial charge is 0.790 e. The summed E-state index contributed by atoms with van der Waals surface area (Å²) in [6.07, 6.45) is -0.856. The van der Waals surface area contributed by atoms with Crippen LogP contribution < -0.4 is 106 Å². The summed E-state index contributed by atoms with van der Waals surface area (Å²) in [5, 5.41) is 10.7. The summed E-state index contributed by atoms with van der Waals surface area (Å²) in [7, 11) is -18.0. The fourth-order valence-corrected chi connectivity index (χ4v) is 5.92. The summed E-state index contributed by atoms with van der Waals surface area (Å²) in [5.74, 6) is 5.60. The van der Waals surface area contributed by atoms with Gasteiger partial charge in [0.05, 0.1) is 38.0 Å². The fourth-order valence-electron chi connectivity index (χ4n) is 3.05. The Balaban J connectivity index is 0. The van der Waals surface area contributed by atoms with Crippen molar-refractivity contribution in [1.82, 2.24) is 14.5 Å². The number of aliphatic hydroxyl groups is 1. The number of nitrogen functional groups attached to an aromatic ring is 1. The Bertz CT molecular complexity index is 1290. The van der Waals surface area contributed by atoms with Crippen molar-refractivity contribution in [2.45, 2.75) is 24.9 Å². The number of fused-ring (bicyclic) bond motifs is 1. The number of aromatic nitrogens is 3. The number of aliphatic hydroxyl groups excluding tert-OH is 1. The largest absolute Gasteiger partial charge is 1.00 e. The Morgan fingerprint density at radius 3 is 2.32 bits per heavy atom. The molecule has 0 aromatic carbocycles. The molecule has 3 rings (SSSR count). The summed E-state index contributed by atoms with van der Waals surface area (Å²) in [6, 6.07) is 0. The third-order valence-corrected chi connectivity index (χ3v) is 7.94. The van der Waals surface area contributed by atoms with Crippen molar-refractivity contribution in [3.05, 3.63) is 18.1 Å². The van der Waals surface area contributed by atoms with E-state index in [4.69, 9.17) is 16.2 Å². The number of ether oxygens (including phenoxy) is 1. The van der Waals surface area contributed by atoms with Crippen molar-refractivity contribution < 1.29 is 132 Å². The minimum Gasteiger partial charge on any atom is -0.790 e. The maximum atomic E-state index is 11.7. The van der Waals surface area contributed by atoms with Crippen LogP contribution in [0.1, 0.15) is 18.2 Å². The molecule has 2 aromatic rings. The van der Waals surface area contributed by atoms with E-state index in [0.717, 1.165) is 0 Å². The van der Waals surface area contributed by atoms with Gasteiger partial charge in [-0.2, -0.15) is 0 Å². The Kier molecular flexibility index (Phi) is 17.5. The molecule has 38 heavy (non-hydrogen) atoms. The van der Waals surface area contributed by atoms with Crippen molar-refractivity contribution in [3.63, 3.8) is 0 Å². The van der Waals surface area contributed by atoms with Crippen molar-refractivity contribution in [2.75, 3.05) is 18.9 Å². The van der Waals surface area contributed by atoms with Crippen LogP contribution in [0.25, 0.3) is 11.0 Å². The number of phosphoric ester groups is 1. The maximum absolute atomic E-state index is 11.7. The Morgan fingerprint density at radius 1 is 1.11 bits per heavy atom. The van der Waals surface area contributed by atoms with E-state index in [1.54, 1.807) is 0 Å². The Labute approximate surface area is 264 Å². The molecule has 0 bridgehead atoms. The molecule has 2 aromatic heterocycles. The quantitative estimate of drug-likeness (QED) is 0.152. The molecule has 5 N–H and O–H groups in total. The van der Waals surface area contributed by atoms with E-state index in [2.05, 4.69) is 35.0 Å². The molecule has 17 nitrogen and oxygen atoms in total. The van der Waals surface area contributed by atoms with E-state index in [0.29, 0.717) is 16.6 Å². The molecule has 1 aliphatic rings. The van der Waals surface area contributed by atoms with E-state index >= 15 is 0 Å². The zero-order chi connectivity index (χ0) is 25.3. The van der Waals surface area contributed by atoms with E-state index in [1.807, 2.05) is 0 Å². The van der Waals surface area contributed by atoms with Crippen molar-refractivity contribution in [1.29, 1.82) is 0 Å². The summed E-state index contributed by atoms with van der Waals surface area (Å²) in [5.41, 5.74) is 12.0. The average Bonchev–Trinajstić information content (AvgIpc) is 3.23. The second-order valence-electron chi connectivity index (χ2n) is 6.65. The first-order chi connectivity index (χ1) is 15.7. The van der Waals surface area contributed by atoms with Gasteiger partial charge in [-0.1, -0.05) is 11.8 Å². The average molecular weight is 567 g/mol. The second-order valence-corrected chi connectivity index (χ2v) is 10.9. The molecule has 0 saturated carbocycles. The molecule has 3 unspecified atom stereocenters. The summed E-state index contributed by atoms with van der Waals surface area (Å²) < 4.78 is 51.3. The fraction of sp³-hybridized carbons (Fsp3) is 0.429. The van der Waals surface area contributed by atoms with E-state index < -0.39 is 48.5 Å². The molecule has 5 atom stereocenters. The van der Waals surface area contributed by atoms with Gasteiger partial charge in [-0.3, -0.25) is 13.4 Å². The number of nitrogens with two attached hydrogens (primary N) is 2. The van der Waals surface area contributed by atoms with Crippen LogP contribution in [0.15, 0.2) is 12.5 Å². The van der Waals surface area contributed by atoms with Gasteiger partial charge in [0.15, 0.2) is 0 Å². The van der Waals surface area contributed by atoms with Gasteiger partial charge in [0.1, 0.15) is 30.1 Å². The number of anilines is 1. The van der Waals surface area contributed by atoms with Crippen molar-refractivity contribution in [2.24, 2.45) is 5.73 Å². The molecule has 3 heterocycles. The van der Waals surface area contributed by atoms with E-state index in [9.17, 15) is 38.4 Å². The number of phosphoric acid groups is 3. The van der Waals surface area contributed by atoms with Crippen LogP contribution in [-0.4, -0.2) is 45.0 Å². The Hall–Kier alpha value is 0.660. The number of nitrogens with zero attached hydrogens (tertiary/aromatic N) is 3. The predicted molar refractivity (Wildman–Crippen MR) is 103 cm³/mol. The summed E-state index contributed by atoms with van der Waals surface area (Å²) in [6.45, 7) is -0.862. The van der Waals surface area contributed by atoms with Crippen LogP contribution >= 0.6 is 23.5 Å². The van der Waals surface area contributed by atoms with Crippen LogP contribution in [0, 0.1) is 11.8 Å². The minimum atomic E-state index is -6.11. The standard InChI is InChI=1S/C14H20N5O12P3.4Li/c15-3-1-2-8-5-19(14-12(8)13(16)17-7-18-14)11-4-9(20)10(29-11)6-28-33(24,25)31-34(26,27)30-32(21,22)23;;;;/h5,7,9-11,20H,3-4,6,15H2,(H,24,25)(H,26,27)(H2,16,17,18)(H2,21,22,23);;;;/q;4*+1/p-4/t9?,10-,11-;;;;/m1..../s1. The molecule has 0 radical (unpaired) electrons. The molecule has 1 saturated heterocycles. The van der Waals surface area contributed by atoms with Crippen LogP contribution in [0.4, 0.5) is 5.82 Å². The van der Waals surface area contributed by atoms with Crippen LogP contribution in [0.3, 0.4) is 0 Å². The molecule has 24 heteroatoms. The maximum Gasteiger partial charge on any atom is 1.00 e. The molecule has 1 aliphatic heterocycles. The van der Waals surface area contributed by atoms with Crippen LogP contribution in [0.5, 0.6) is 0 Å². The first-order valence-electron chi connectivity index (χ1n) is 9.06. The van der Waals surface area contributed by atoms with Gasteiger partial charge in [0, 0.05) is 12.6 Å². The monoisotopic (exact) mass is 567 g/mol. The van der Waals surface area contributed by atoms with Crippen LogP contribution in [-0.2, 0) is 31.6 Å². The number of hydrogen-bond acceptors (Lipinski definition) is 16. The van der Waals surface area contributed by atoms with Crippen molar-refractivity contribution >= 4 is 40.3 Å². The zero-order valence-electron chi connectivity index (χ0n) is 20.8. The predicted octanol–water partition coefficient (Wildman–Crippen LogP) is -15.2. The van der Waals surface area contributed by atoms with Gasteiger partial charge >= 0.3 is 75.4 Å². The van der Waals surface area contributed by atoms with Crippen molar-refractivity contribution in [3.8, 4) is 11.8 Å². The van der Waals surface area contributed by atoms with Gasteiger partial charge < -0.3 is 54.5 Å². The first kappa shape index (κ1) is 40.8. The molecular formula is C14H16Li4N5O12P3. The molecule has 188 valence electrons. The summed E-state index contributed by atoms with van der Waals surface area (Å²) in [4.78, 5) is 51.7. The van der Waals surface area contributed by atoms with Crippen LogP contribution in [0.2, 0.25) is 0 Å². The third kappa shape index (κ3) is 11.1. The first-order valence-corrected chi connectivity index (χ1v) is 13.4. The molecular weight excluding hydrogens is 551 g/mol. The number of rotatable bonds is 8. The molecule has 0 aliphatic carbocycles. The van der Waals surface area contributed by atoms with Gasteiger partial charge in [-0.05, 0) is 0 Å².